The van der Waals surface area contributed by atoms with E-state index in [1.54, 1.807) is 0 Å². The number of halogens is 1. The highest BCUT2D eigenvalue weighted by molar-refractivity contribution is 6.31. The zero-order valence-corrected chi connectivity index (χ0v) is 11.9. The second-order valence-corrected chi connectivity index (χ2v) is 5.14. The molecular formula is C16H19ClN2. The Kier molecular flexibility index (Phi) is 4.97. The van der Waals surface area contributed by atoms with E-state index in [0.29, 0.717) is 6.54 Å². The van der Waals surface area contributed by atoms with Crippen LogP contribution in [0.15, 0.2) is 48.5 Å². The summed E-state index contributed by atoms with van der Waals surface area (Å²) in [5.74, 6) is 0. The van der Waals surface area contributed by atoms with Crippen molar-refractivity contribution in [1.29, 1.82) is 0 Å². The molecule has 0 amide bonds. The van der Waals surface area contributed by atoms with Crippen molar-refractivity contribution < 1.29 is 0 Å². The van der Waals surface area contributed by atoms with Gasteiger partial charge in [0.1, 0.15) is 0 Å². The maximum atomic E-state index is 6.18. The third-order valence-corrected chi connectivity index (χ3v) is 3.55. The van der Waals surface area contributed by atoms with Crippen LogP contribution in [-0.4, -0.2) is 11.9 Å². The number of benzene rings is 2. The minimum absolute atomic E-state index is 0.579. The van der Waals surface area contributed by atoms with E-state index in [0.717, 1.165) is 23.7 Å². The van der Waals surface area contributed by atoms with E-state index in [1.807, 2.05) is 24.3 Å². The van der Waals surface area contributed by atoms with E-state index >= 15 is 0 Å². The quantitative estimate of drug-likeness (QED) is 0.905. The summed E-state index contributed by atoms with van der Waals surface area (Å²) in [6, 6.07) is 16.3. The SMILES string of the molecule is CN(Cc1ccccc1Cl)Cc1ccccc1CN. The normalized spacial score (nSPS) is 10.9. The van der Waals surface area contributed by atoms with Crippen LogP contribution < -0.4 is 5.73 Å². The lowest BCUT2D eigenvalue weighted by Gasteiger charge is -2.19. The van der Waals surface area contributed by atoms with E-state index in [9.17, 15) is 0 Å². The molecule has 19 heavy (non-hydrogen) atoms. The average Bonchev–Trinajstić information content (AvgIpc) is 2.42. The first kappa shape index (κ1) is 14.1. The van der Waals surface area contributed by atoms with Crippen molar-refractivity contribution in [3.8, 4) is 0 Å². The van der Waals surface area contributed by atoms with Crippen molar-refractivity contribution in [2.24, 2.45) is 5.73 Å². The lowest BCUT2D eigenvalue weighted by atomic mass is 10.1. The van der Waals surface area contributed by atoms with Gasteiger partial charge in [0.25, 0.3) is 0 Å². The highest BCUT2D eigenvalue weighted by Crippen LogP contribution is 2.18. The Hall–Kier alpha value is -1.35. The van der Waals surface area contributed by atoms with Crippen molar-refractivity contribution >= 4 is 11.6 Å². The molecule has 2 nitrogen and oxygen atoms in total. The summed E-state index contributed by atoms with van der Waals surface area (Å²) in [5.41, 5.74) is 9.39. The summed E-state index contributed by atoms with van der Waals surface area (Å²) in [5, 5.41) is 0.821. The minimum Gasteiger partial charge on any atom is -0.326 e. The third-order valence-electron chi connectivity index (χ3n) is 3.18. The Morgan fingerprint density at radius 3 is 2.05 bits per heavy atom. The van der Waals surface area contributed by atoms with Crippen LogP contribution in [0.4, 0.5) is 0 Å². The first-order valence-electron chi connectivity index (χ1n) is 6.39. The van der Waals surface area contributed by atoms with Crippen molar-refractivity contribution in [3.05, 3.63) is 70.2 Å². The zero-order valence-electron chi connectivity index (χ0n) is 11.1. The van der Waals surface area contributed by atoms with Crippen LogP contribution in [0.3, 0.4) is 0 Å². The first-order chi connectivity index (χ1) is 9.20. The molecule has 0 heterocycles. The second kappa shape index (κ2) is 6.71. The van der Waals surface area contributed by atoms with Gasteiger partial charge in [0.2, 0.25) is 0 Å². The Balaban J connectivity index is 2.05. The molecule has 0 aliphatic rings. The summed E-state index contributed by atoms with van der Waals surface area (Å²) in [4.78, 5) is 2.25. The van der Waals surface area contributed by atoms with Crippen LogP contribution in [-0.2, 0) is 19.6 Å². The Bertz CT molecular complexity index is 540. The maximum Gasteiger partial charge on any atom is 0.0451 e. The molecule has 0 aliphatic heterocycles. The fourth-order valence-corrected chi connectivity index (χ4v) is 2.37. The summed E-state index contributed by atoms with van der Waals surface area (Å²) in [6.07, 6.45) is 0. The van der Waals surface area contributed by atoms with Crippen LogP contribution in [0.1, 0.15) is 16.7 Å². The molecule has 0 fully saturated rings. The molecule has 2 rings (SSSR count). The average molecular weight is 275 g/mol. The van der Waals surface area contributed by atoms with Gasteiger partial charge in [-0.25, -0.2) is 0 Å². The highest BCUT2D eigenvalue weighted by atomic mass is 35.5. The van der Waals surface area contributed by atoms with Crippen LogP contribution in [0.2, 0.25) is 5.02 Å². The lowest BCUT2D eigenvalue weighted by Crippen LogP contribution is -2.19. The van der Waals surface area contributed by atoms with E-state index < -0.39 is 0 Å². The van der Waals surface area contributed by atoms with Gasteiger partial charge in [0.05, 0.1) is 0 Å². The molecule has 0 saturated carbocycles. The molecule has 0 aromatic heterocycles. The van der Waals surface area contributed by atoms with Gasteiger partial charge in [0, 0.05) is 24.7 Å². The van der Waals surface area contributed by atoms with Crippen molar-refractivity contribution in [2.45, 2.75) is 19.6 Å². The Morgan fingerprint density at radius 1 is 0.895 bits per heavy atom. The number of nitrogens with two attached hydrogens (primary N) is 1. The van der Waals surface area contributed by atoms with Crippen LogP contribution >= 0.6 is 11.6 Å². The standard InChI is InChI=1S/C16H19ClN2/c1-19(12-15-8-4-5-9-16(15)17)11-14-7-3-2-6-13(14)10-18/h2-9H,10-12,18H2,1H3. The molecule has 0 unspecified atom stereocenters. The molecule has 0 spiro atoms. The Labute approximate surface area is 119 Å². The van der Waals surface area contributed by atoms with Gasteiger partial charge >= 0.3 is 0 Å². The van der Waals surface area contributed by atoms with E-state index in [2.05, 4.69) is 36.2 Å². The number of rotatable bonds is 5. The molecule has 0 radical (unpaired) electrons. The lowest BCUT2D eigenvalue weighted by molar-refractivity contribution is 0.318. The van der Waals surface area contributed by atoms with Crippen molar-refractivity contribution in [3.63, 3.8) is 0 Å². The molecule has 2 aromatic carbocycles. The maximum absolute atomic E-state index is 6.18. The predicted molar refractivity (Wildman–Crippen MR) is 81.0 cm³/mol. The van der Waals surface area contributed by atoms with Gasteiger partial charge in [0.15, 0.2) is 0 Å². The molecule has 2 N–H and O–H groups in total. The fraction of sp³-hybridized carbons (Fsp3) is 0.250. The van der Waals surface area contributed by atoms with Gasteiger partial charge < -0.3 is 5.73 Å². The predicted octanol–water partition coefficient (Wildman–Crippen LogP) is 3.43. The molecule has 2 aromatic rings. The van der Waals surface area contributed by atoms with Crippen molar-refractivity contribution in [2.75, 3.05) is 7.05 Å². The third kappa shape index (κ3) is 3.80. The van der Waals surface area contributed by atoms with Crippen LogP contribution in [0, 0.1) is 0 Å². The monoisotopic (exact) mass is 274 g/mol. The molecule has 3 heteroatoms. The van der Waals surface area contributed by atoms with Crippen LogP contribution in [0.25, 0.3) is 0 Å². The number of hydrogen-bond acceptors (Lipinski definition) is 2. The molecule has 0 saturated heterocycles. The van der Waals surface area contributed by atoms with Gasteiger partial charge in [-0.3, -0.25) is 4.90 Å². The topological polar surface area (TPSA) is 29.3 Å². The van der Waals surface area contributed by atoms with Crippen LogP contribution in [0.5, 0.6) is 0 Å². The van der Waals surface area contributed by atoms with Gasteiger partial charge in [-0.2, -0.15) is 0 Å². The van der Waals surface area contributed by atoms with Gasteiger partial charge in [-0.15, -0.1) is 0 Å². The molecule has 0 aliphatic carbocycles. The van der Waals surface area contributed by atoms with Gasteiger partial charge in [-0.05, 0) is 29.8 Å². The van der Waals surface area contributed by atoms with E-state index in [4.69, 9.17) is 17.3 Å². The van der Waals surface area contributed by atoms with Crippen molar-refractivity contribution in [1.82, 2.24) is 4.90 Å². The largest absolute Gasteiger partial charge is 0.326 e. The van der Waals surface area contributed by atoms with E-state index in [1.165, 1.54) is 11.1 Å². The second-order valence-electron chi connectivity index (χ2n) is 4.74. The summed E-state index contributed by atoms with van der Waals surface area (Å²) in [6.45, 7) is 2.29. The first-order valence-corrected chi connectivity index (χ1v) is 6.77. The molecule has 0 atom stereocenters. The number of nitrogens with zero attached hydrogens (tertiary/aromatic N) is 1. The van der Waals surface area contributed by atoms with Gasteiger partial charge in [-0.1, -0.05) is 54.1 Å². The number of hydrogen-bond donors (Lipinski definition) is 1. The zero-order chi connectivity index (χ0) is 13.7. The summed E-state index contributed by atoms with van der Waals surface area (Å²) >= 11 is 6.18. The van der Waals surface area contributed by atoms with E-state index in [-0.39, 0.29) is 0 Å². The summed E-state index contributed by atoms with van der Waals surface area (Å²) < 4.78 is 0. The fourth-order valence-electron chi connectivity index (χ4n) is 2.17. The molecular weight excluding hydrogens is 256 g/mol. The molecule has 0 bridgehead atoms. The smallest absolute Gasteiger partial charge is 0.0451 e. The Morgan fingerprint density at radius 2 is 1.42 bits per heavy atom. The summed E-state index contributed by atoms with van der Waals surface area (Å²) in [7, 11) is 2.09. The minimum atomic E-state index is 0.579. The molecule has 100 valence electrons. The highest BCUT2D eigenvalue weighted by Gasteiger charge is 2.07.